The number of oxime groups is 1. The predicted molar refractivity (Wildman–Crippen MR) is 76.4 cm³/mol. The molecule has 0 aromatic carbocycles. The molecule has 1 fully saturated rings. The number of H-pyrrole nitrogens is 1. The van der Waals surface area contributed by atoms with Gasteiger partial charge in [-0.3, -0.25) is 10.00 Å². The predicted octanol–water partition coefficient (Wildman–Crippen LogP) is -0.759. The van der Waals surface area contributed by atoms with Gasteiger partial charge >= 0.3 is 0 Å². The molecule has 4 N–H and O–H groups in total. The van der Waals surface area contributed by atoms with E-state index < -0.39 is 10.0 Å². The van der Waals surface area contributed by atoms with Gasteiger partial charge in [-0.05, 0) is 6.42 Å². The van der Waals surface area contributed by atoms with Crippen molar-refractivity contribution in [3.05, 3.63) is 12.4 Å². The molecule has 2 heterocycles. The van der Waals surface area contributed by atoms with Crippen molar-refractivity contribution in [2.45, 2.75) is 24.3 Å². The number of hydrogen-bond acceptors (Lipinski definition) is 6. The molecule has 0 bridgehead atoms. The maximum absolute atomic E-state index is 12.3. The monoisotopic (exact) mass is 316 g/mol. The normalized spacial score (nSPS) is 20.5. The number of nitrogens with two attached hydrogens (primary N) is 1. The minimum absolute atomic E-state index is 0.156. The van der Waals surface area contributed by atoms with Gasteiger partial charge in [0.2, 0.25) is 10.0 Å². The van der Waals surface area contributed by atoms with Gasteiger partial charge in [-0.1, -0.05) is 12.1 Å². The maximum atomic E-state index is 12.3. The number of rotatable bonds is 5. The largest absolute Gasteiger partial charge is 0.409 e. The highest BCUT2D eigenvalue weighted by Crippen LogP contribution is 2.17. The Bertz CT molecular complexity index is 577. The van der Waals surface area contributed by atoms with Crippen LogP contribution in [0.4, 0.5) is 0 Å². The van der Waals surface area contributed by atoms with Crippen molar-refractivity contribution in [3.63, 3.8) is 0 Å². The third-order valence-corrected chi connectivity index (χ3v) is 5.53. The summed E-state index contributed by atoms with van der Waals surface area (Å²) in [5.41, 5.74) is 5.67. The van der Waals surface area contributed by atoms with E-state index in [1.165, 1.54) is 16.7 Å². The highest BCUT2D eigenvalue weighted by atomic mass is 32.2. The summed E-state index contributed by atoms with van der Waals surface area (Å²) in [4.78, 5) is 2.19. The summed E-state index contributed by atoms with van der Waals surface area (Å²) in [6.07, 6.45) is 3.37. The molecule has 10 heteroatoms. The van der Waals surface area contributed by atoms with E-state index in [4.69, 9.17) is 10.9 Å². The minimum Gasteiger partial charge on any atom is -0.409 e. The molecule has 1 aliphatic heterocycles. The van der Waals surface area contributed by atoms with Gasteiger partial charge in [-0.15, -0.1) is 0 Å². The van der Waals surface area contributed by atoms with Crippen LogP contribution >= 0.6 is 0 Å². The summed E-state index contributed by atoms with van der Waals surface area (Å²) in [6.45, 7) is 3.74. The molecular formula is C11H20N6O3S. The zero-order valence-electron chi connectivity index (χ0n) is 11.8. The first kappa shape index (κ1) is 15.7. The van der Waals surface area contributed by atoms with Gasteiger partial charge in [0.05, 0.1) is 12.2 Å². The molecule has 21 heavy (non-hydrogen) atoms. The third-order valence-electron chi connectivity index (χ3n) is 3.67. The SMILES string of the molecule is CCC(C(N)=NO)N1CCN(S(=O)(=O)c2cn[nH]c2)CC1. The molecule has 1 unspecified atom stereocenters. The molecule has 118 valence electrons. The zero-order valence-corrected chi connectivity index (χ0v) is 12.6. The number of piperazine rings is 1. The van der Waals surface area contributed by atoms with Gasteiger partial charge in [-0.2, -0.15) is 9.40 Å². The van der Waals surface area contributed by atoms with E-state index in [0.29, 0.717) is 32.6 Å². The molecule has 1 atom stereocenters. The molecule has 9 nitrogen and oxygen atoms in total. The number of amidine groups is 1. The van der Waals surface area contributed by atoms with Crippen LogP contribution in [0.5, 0.6) is 0 Å². The van der Waals surface area contributed by atoms with Gasteiger partial charge in [0.25, 0.3) is 0 Å². The fourth-order valence-corrected chi connectivity index (χ4v) is 3.84. The summed E-state index contributed by atoms with van der Waals surface area (Å²) in [5, 5.41) is 18.0. The summed E-state index contributed by atoms with van der Waals surface area (Å²) in [5.74, 6) is 0.156. The Hall–Kier alpha value is -1.65. The first-order valence-corrected chi connectivity index (χ1v) is 8.15. The molecule has 0 aliphatic carbocycles. The summed E-state index contributed by atoms with van der Waals surface area (Å²) >= 11 is 0. The number of aromatic nitrogens is 2. The fourth-order valence-electron chi connectivity index (χ4n) is 2.51. The average molecular weight is 316 g/mol. The lowest BCUT2D eigenvalue weighted by Crippen LogP contribution is -2.55. The Labute approximate surface area is 123 Å². The molecule has 0 spiro atoms. The zero-order chi connectivity index (χ0) is 15.5. The number of nitrogens with one attached hydrogen (secondary N) is 1. The molecule has 1 aromatic heterocycles. The Balaban J connectivity index is 2.04. The minimum atomic E-state index is -3.50. The van der Waals surface area contributed by atoms with E-state index in [2.05, 4.69) is 15.4 Å². The highest BCUT2D eigenvalue weighted by Gasteiger charge is 2.32. The van der Waals surface area contributed by atoms with Crippen molar-refractivity contribution in [2.24, 2.45) is 10.9 Å². The van der Waals surface area contributed by atoms with Crippen LogP contribution in [0.15, 0.2) is 22.4 Å². The van der Waals surface area contributed by atoms with Crippen LogP contribution in [0.3, 0.4) is 0 Å². The van der Waals surface area contributed by atoms with Crippen LogP contribution in [-0.4, -0.2) is 71.1 Å². The lowest BCUT2D eigenvalue weighted by atomic mass is 10.1. The van der Waals surface area contributed by atoms with Gasteiger partial charge < -0.3 is 10.9 Å². The second-order valence-corrected chi connectivity index (χ2v) is 6.76. The van der Waals surface area contributed by atoms with Crippen LogP contribution < -0.4 is 5.73 Å². The smallest absolute Gasteiger partial charge is 0.246 e. The molecule has 0 radical (unpaired) electrons. The van der Waals surface area contributed by atoms with E-state index in [-0.39, 0.29) is 16.8 Å². The molecule has 0 saturated carbocycles. The Kier molecular flexibility index (Phi) is 4.80. The number of sulfonamides is 1. The lowest BCUT2D eigenvalue weighted by Gasteiger charge is -2.37. The highest BCUT2D eigenvalue weighted by molar-refractivity contribution is 7.89. The van der Waals surface area contributed by atoms with Crippen molar-refractivity contribution in [1.29, 1.82) is 0 Å². The topological polar surface area (TPSA) is 128 Å². The van der Waals surface area contributed by atoms with Crippen LogP contribution in [0.25, 0.3) is 0 Å². The van der Waals surface area contributed by atoms with Crippen molar-refractivity contribution in [3.8, 4) is 0 Å². The first-order chi connectivity index (χ1) is 10.0. The van der Waals surface area contributed by atoms with Gasteiger partial charge in [0, 0.05) is 32.4 Å². The Morgan fingerprint density at radius 3 is 2.67 bits per heavy atom. The van der Waals surface area contributed by atoms with Crippen molar-refractivity contribution < 1.29 is 13.6 Å². The van der Waals surface area contributed by atoms with Crippen LogP contribution in [0.2, 0.25) is 0 Å². The van der Waals surface area contributed by atoms with Gasteiger partial charge in [0.1, 0.15) is 4.90 Å². The van der Waals surface area contributed by atoms with Crippen molar-refractivity contribution in [2.75, 3.05) is 26.2 Å². The van der Waals surface area contributed by atoms with E-state index in [9.17, 15) is 8.42 Å². The van der Waals surface area contributed by atoms with Gasteiger partial charge in [0.15, 0.2) is 5.84 Å². The fraction of sp³-hybridized carbons (Fsp3) is 0.636. The molecule has 1 saturated heterocycles. The Morgan fingerprint density at radius 1 is 1.52 bits per heavy atom. The Morgan fingerprint density at radius 2 is 2.19 bits per heavy atom. The van der Waals surface area contributed by atoms with E-state index in [0.717, 1.165) is 0 Å². The quantitative estimate of drug-likeness (QED) is 0.283. The number of aromatic amines is 1. The summed E-state index contributed by atoms with van der Waals surface area (Å²) < 4.78 is 26.1. The number of hydrogen-bond donors (Lipinski definition) is 3. The van der Waals surface area contributed by atoms with Gasteiger partial charge in [-0.25, -0.2) is 8.42 Å². The van der Waals surface area contributed by atoms with Crippen molar-refractivity contribution in [1.82, 2.24) is 19.4 Å². The molecule has 1 aromatic rings. The number of nitrogens with zero attached hydrogens (tertiary/aromatic N) is 4. The van der Waals surface area contributed by atoms with Crippen LogP contribution in [-0.2, 0) is 10.0 Å². The molecule has 0 amide bonds. The van der Waals surface area contributed by atoms with Crippen LogP contribution in [0.1, 0.15) is 13.3 Å². The third kappa shape index (κ3) is 3.17. The van der Waals surface area contributed by atoms with Crippen molar-refractivity contribution >= 4 is 15.9 Å². The summed E-state index contributed by atoms with van der Waals surface area (Å²) in [7, 11) is -3.50. The molecule has 2 rings (SSSR count). The van der Waals surface area contributed by atoms with E-state index in [1.807, 2.05) is 11.8 Å². The average Bonchev–Trinajstić information content (AvgIpc) is 3.03. The summed E-state index contributed by atoms with van der Waals surface area (Å²) in [6, 6.07) is -0.172. The lowest BCUT2D eigenvalue weighted by molar-refractivity contribution is 0.161. The molecule has 1 aliphatic rings. The van der Waals surface area contributed by atoms with E-state index >= 15 is 0 Å². The standard InChI is InChI=1S/C11H20N6O3S/c1-2-10(11(12)15-18)16-3-5-17(6-4-16)21(19,20)9-7-13-14-8-9/h7-8,10,18H,2-6H2,1H3,(H2,12,15)(H,13,14). The van der Waals surface area contributed by atoms with E-state index in [1.54, 1.807) is 0 Å². The first-order valence-electron chi connectivity index (χ1n) is 6.71. The molecular weight excluding hydrogens is 296 g/mol. The van der Waals surface area contributed by atoms with Crippen LogP contribution in [0, 0.1) is 0 Å². The second kappa shape index (κ2) is 6.41. The second-order valence-electron chi connectivity index (χ2n) is 4.82. The maximum Gasteiger partial charge on any atom is 0.246 e.